The number of rotatable bonds is 4. The number of benzene rings is 1. The van der Waals surface area contributed by atoms with Crippen LogP contribution in [-0.2, 0) is 12.8 Å². The zero-order valence-electron chi connectivity index (χ0n) is 13.1. The molecule has 5 nitrogen and oxygen atoms in total. The summed E-state index contributed by atoms with van der Waals surface area (Å²) in [5, 5.41) is 7.87. The third-order valence-corrected chi connectivity index (χ3v) is 5.39. The molecule has 0 amide bonds. The molecule has 2 heterocycles. The first-order valence-corrected chi connectivity index (χ1v) is 8.36. The molecule has 0 radical (unpaired) electrons. The number of nitrogens with one attached hydrogen (secondary N) is 1. The Balaban J connectivity index is 1.36. The lowest BCUT2D eigenvalue weighted by atomic mass is 10.0. The lowest BCUT2D eigenvalue weighted by Gasteiger charge is -2.11. The largest absolute Gasteiger partial charge is 0.370 e. The molecule has 0 bridgehead atoms. The Bertz CT molecular complexity index is 884. The first-order chi connectivity index (χ1) is 11.3. The van der Waals surface area contributed by atoms with E-state index in [-0.39, 0.29) is 0 Å². The number of anilines is 1. The van der Waals surface area contributed by atoms with Crippen LogP contribution in [0.5, 0.6) is 0 Å². The lowest BCUT2D eigenvalue weighted by Crippen LogP contribution is -2.12. The summed E-state index contributed by atoms with van der Waals surface area (Å²) in [4.78, 5) is 8.71. The number of fused-ring (bicyclic) bond motifs is 4. The summed E-state index contributed by atoms with van der Waals surface area (Å²) in [5.74, 6) is 3.98. The molecular weight excluding hydrogens is 286 g/mol. The van der Waals surface area contributed by atoms with E-state index in [1.165, 1.54) is 6.42 Å². The van der Waals surface area contributed by atoms with E-state index in [1.807, 2.05) is 0 Å². The molecule has 2 aliphatic rings. The van der Waals surface area contributed by atoms with Crippen molar-refractivity contribution in [2.75, 3.05) is 11.9 Å². The number of hydrogen-bond donors (Lipinski definition) is 1. The van der Waals surface area contributed by atoms with Crippen LogP contribution in [0, 0.1) is 11.8 Å². The number of hydrogen-bond acceptors (Lipinski definition) is 4. The van der Waals surface area contributed by atoms with Crippen LogP contribution < -0.4 is 5.32 Å². The Morgan fingerprint density at radius 2 is 2.22 bits per heavy atom. The van der Waals surface area contributed by atoms with E-state index >= 15 is 0 Å². The molecule has 1 saturated carbocycles. The Labute approximate surface area is 134 Å². The molecule has 116 valence electrons. The van der Waals surface area contributed by atoms with E-state index in [9.17, 15) is 0 Å². The fourth-order valence-corrected chi connectivity index (χ4v) is 4.15. The first kappa shape index (κ1) is 13.0. The van der Waals surface area contributed by atoms with E-state index < -0.39 is 0 Å². The highest BCUT2D eigenvalue weighted by Gasteiger charge is 2.54. The van der Waals surface area contributed by atoms with Gasteiger partial charge >= 0.3 is 0 Å². The maximum Gasteiger partial charge on any atom is 0.254 e. The fraction of sp³-hybridized carbons (Fsp3) is 0.389. The Morgan fingerprint density at radius 3 is 3.13 bits per heavy atom. The Hall–Kier alpha value is -2.43. The van der Waals surface area contributed by atoms with Gasteiger partial charge in [-0.1, -0.05) is 31.2 Å². The zero-order chi connectivity index (χ0) is 15.4. The third-order valence-electron chi connectivity index (χ3n) is 5.39. The van der Waals surface area contributed by atoms with Crippen LogP contribution in [0.3, 0.4) is 0 Å². The second-order valence-corrected chi connectivity index (χ2v) is 6.60. The first-order valence-electron chi connectivity index (χ1n) is 8.36. The van der Waals surface area contributed by atoms with Crippen molar-refractivity contribution in [3.05, 3.63) is 53.5 Å². The maximum absolute atomic E-state index is 4.49. The molecule has 5 heteroatoms. The molecule has 23 heavy (non-hydrogen) atoms. The minimum atomic E-state index is 0.674. The topological polar surface area (TPSA) is 55.1 Å². The summed E-state index contributed by atoms with van der Waals surface area (Å²) in [6, 6.07) is 11.0. The van der Waals surface area contributed by atoms with Crippen molar-refractivity contribution < 1.29 is 0 Å². The quantitative estimate of drug-likeness (QED) is 0.805. The second-order valence-electron chi connectivity index (χ2n) is 6.60. The average Bonchev–Trinajstić information content (AvgIpc) is 2.94. The Kier molecular flexibility index (Phi) is 2.71. The predicted molar refractivity (Wildman–Crippen MR) is 88.5 cm³/mol. The summed E-state index contributed by atoms with van der Waals surface area (Å²) >= 11 is 0. The molecule has 3 aromatic rings. The van der Waals surface area contributed by atoms with Gasteiger partial charge in [0, 0.05) is 18.3 Å². The van der Waals surface area contributed by atoms with Crippen LogP contribution in [0.2, 0.25) is 0 Å². The van der Waals surface area contributed by atoms with Gasteiger partial charge in [0.25, 0.3) is 5.78 Å². The molecule has 2 aliphatic carbocycles. The van der Waals surface area contributed by atoms with Gasteiger partial charge in [0.1, 0.15) is 12.1 Å². The molecule has 1 fully saturated rings. The highest BCUT2D eigenvalue weighted by molar-refractivity contribution is 5.47. The van der Waals surface area contributed by atoms with Crippen LogP contribution in [-0.4, -0.2) is 26.1 Å². The molecule has 3 unspecified atom stereocenters. The summed E-state index contributed by atoms with van der Waals surface area (Å²) < 4.78 is 1.80. The van der Waals surface area contributed by atoms with E-state index in [0.29, 0.717) is 5.78 Å². The smallest absolute Gasteiger partial charge is 0.254 e. The molecule has 0 saturated heterocycles. The molecule has 5 rings (SSSR count). The highest BCUT2D eigenvalue weighted by atomic mass is 15.3. The lowest BCUT2D eigenvalue weighted by molar-refractivity contribution is 0.715. The minimum absolute atomic E-state index is 0.674. The molecule has 3 atom stereocenters. The molecule has 2 aromatic heterocycles. The summed E-state index contributed by atoms with van der Waals surface area (Å²) in [7, 11) is 0. The van der Waals surface area contributed by atoms with Crippen molar-refractivity contribution in [1.82, 2.24) is 19.6 Å². The second kappa shape index (κ2) is 4.78. The van der Waals surface area contributed by atoms with Gasteiger partial charge in [-0.05, 0) is 41.7 Å². The highest BCUT2D eigenvalue weighted by Crippen LogP contribution is 2.61. The van der Waals surface area contributed by atoms with Crippen molar-refractivity contribution in [2.45, 2.75) is 25.7 Å². The van der Waals surface area contributed by atoms with Gasteiger partial charge in [-0.2, -0.15) is 14.6 Å². The zero-order valence-corrected chi connectivity index (χ0v) is 13.1. The van der Waals surface area contributed by atoms with Gasteiger partial charge in [0.15, 0.2) is 0 Å². The van der Waals surface area contributed by atoms with Gasteiger partial charge in [0.2, 0.25) is 0 Å². The summed E-state index contributed by atoms with van der Waals surface area (Å²) in [5.41, 5.74) is 4.17. The van der Waals surface area contributed by atoms with Gasteiger partial charge in [0.05, 0.1) is 0 Å². The van der Waals surface area contributed by atoms with Crippen LogP contribution in [0.1, 0.15) is 29.7 Å². The predicted octanol–water partition coefficient (Wildman–Crippen LogP) is 2.68. The van der Waals surface area contributed by atoms with Crippen molar-refractivity contribution in [3.63, 3.8) is 0 Å². The molecular formula is C18H19N5. The van der Waals surface area contributed by atoms with Crippen LogP contribution in [0.25, 0.3) is 5.78 Å². The van der Waals surface area contributed by atoms with E-state index in [4.69, 9.17) is 0 Å². The number of nitrogens with zero attached hydrogens (tertiary/aromatic N) is 4. The van der Waals surface area contributed by atoms with Gasteiger partial charge in [-0.15, -0.1) is 0 Å². The standard InChI is InChI=1S/C18H19N5/c1-2-12-8-16(23-18(22-12)20-10-21-23)19-9-15-14-7-11-5-3-4-6-13(11)17(14)15/h3-6,8,10,14-15,17,19H,2,7,9H2,1H3. The molecule has 0 aliphatic heterocycles. The van der Waals surface area contributed by atoms with Crippen molar-refractivity contribution >= 4 is 11.6 Å². The van der Waals surface area contributed by atoms with Crippen molar-refractivity contribution in [2.24, 2.45) is 11.8 Å². The van der Waals surface area contributed by atoms with E-state index in [0.717, 1.165) is 42.2 Å². The maximum atomic E-state index is 4.49. The Morgan fingerprint density at radius 1 is 1.30 bits per heavy atom. The van der Waals surface area contributed by atoms with Crippen molar-refractivity contribution in [3.8, 4) is 0 Å². The molecule has 1 aromatic carbocycles. The molecule has 0 spiro atoms. The summed E-state index contributed by atoms with van der Waals surface area (Å²) in [6.07, 6.45) is 3.71. The van der Waals surface area contributed by atoms with Gasteiger partial charge < -0.3 is 5.32 Å². The summed E-state index contributed by atoms with van der Waals surface area (Å²) in [6.45, 7) is 3.10. The van der Waals surface area contributed by atoms with Gasteiger partial charge in [-0.3, -0.25) is 0 Å². The van der Waals surface area contributed by atoms with Gasteiger partial charge in [-0.25, -0.2) is 4.98 Å². The van der Waals surface area contributed by atoms with Crippen LogP contribution in [0.4, 0.5) is 5.82 Å². The van der Waals surface area contributed by atoms with E-state index in [2.05, 4.69) is 57.6 Å². The van der Waals surface area contributed by atoms with Crippen LogP contribution in [0.15, 0.2) is 36.7 Å². The monoisotopic (exact) mass is 305 g/mol. The van der Waals surface area contributed by atoms with E-state index in [1.54, 1.807) is 22.0 Å². The third kappa shape index (κ3) is 1.96. The minimum Gasteiger partial charge on any atom is -0.370 e. The molecule has 1 N–H and O–H groups in total. The SMILES string of the molecule is CCc1cc(NCC2C3Cc4ccccc4C23)n2ncnc2n1. The normalized spacial score (nSPS) is 24.5. The van der Waals surface area contributed by atoms with Crippen LogP contribution >= 0.6 is 0 Å². The average molecular weight is 305 g/mol. The number of aryl methyl sites for hydroxylation is 1. The number of aromatic nitrogens is 4. The fourth-order valence-electron chi connectivity index (χ4n) is 4.15. The van der Waals surface area contributed by atoms with Crippen molar-refractivity contribution in [1.29, 1.82) is 0 Å².